The Morgan fingerprint density at radius 1 is 1.43 bits per heavy atom. The first-order valence-electron chi connectivity index (χ1n) is 5.92. The fourth-order valence-electron chi connectivity index (χ4n) is 2.17. The Labute approximate surface area is 118 Å². The third-order valence-corrected chi connectivity index (χ3v) is 3.25. The smallest absolute Gasteiger partial charge is 0.342 e. The van der Waals surface area contributed by atoms with Gasteiger partial charge in [0.25, 0.3) is 5.69 Å². The molecule has 110 valence electrons. The molecule has 1 saturated heterocycles. The van der Waals surface area contributed by atoms with Crippen LogP contribution in [-0.2, 0) is 9.59 Å². The number of amides is 2. The van der Waals surface area contributed by atoms with E-state index in [9.17, 15) is 24.5 Å². The Bertz CT molecular complexity index is 656. The molecule has 0 radical (unpaired) electrons. The van der Waals surface area contributed by atoms with Crippen LogP contribution in [0.2, 0.25) is 0 Å². The van der Waals surface area contributed by atoms with E-state index in [1.165, 1.54) is 11.0 Å². The van der Waals surface area contributed by atoms with E-state index in [1.807, 2.05) is 0 Å². The molecule has 1 atom stereocenters. The molecule has 2 amide bonds. The van der Waals surface area contributed by atoms with Gasteiger partial charge in [0.05, 0.1) is 16.5 Å². The first-order chi connectivity index (χ1) is 9.81. The van der Waals surface area contributed by atoms with Crippen LogP contribution in [0.15, 0.2) is 18.2 Å². The summed E-state index contributed by atoms with van der Waals surface area (Å²) in [4.78, 5) is 45.1. The Kier molecular flexibility index (Phi) is 3.57. The van der Waals surface area contributed by atoms with Crippen LogP contribution in [0, 0.1) is 16.0 Å². The summed E-state index contributed by atoms with van der Waals surface area (Å²) in [7, 11) is 0. The maximum absolute atomic E-state index is 11.8. The number of primary amides is 1. The zero-order valence-electron chi connectivity index (χ0n) is 10.7. The van der Waals surface area contributed by atoms with Crippen LogP contribution in [0.1, 0.15) is 16.8 Å². The second-order valence-electron chi connectivity index (χ2n) is 4.57. The van der Waals surface area contributed by atoms with Gasteiger partial charge in [0.2, 0.25) is 11.8 Å². The van der Waals surface area contributed by atoms with Gasteiger partial charge in [-0.2, -0.15) is 0 Å². The Hall–Kier alpha value is -2.97. The van der Waals surface area contributed by atoms with Gasteiger partial charge in [-0.15, -0.1) is 0 Å². The largest absolute Gasteiger partial charge is 0.477 e. The topological polar surface area (TPSA) is 144 Å². The summed E-state index contributed by atoms with van der Waals surface area (Å²) in [6.45, 7) is 0.0255. The molecule has 0 bridgehead atoms. The third kappa shape index (κ3) is 2.66. The summed E-state index contributed by atoms with van der Waals surface area (Å²) in [5.74, 6) is -3.11. The summed E-state index contributed by atoms with van der Waals surface area (Å²) < 4.78 is 0. The van der Waals surface area contributed by atoms with Crippen molar-refractivity contribution < 1.29 is 24.4 Å². The van der Waals surface area contributed by atoms with Gasteiger partial charge < -0.3 is 15.7 Å². The summed E-state index contributed by atoms with van der Waals surface area (Å²) in [6.07, 6.45) is -0.0657. The molecule has 1 aliphatic rings. The summed E-state index contributed by atoms with van der Waals surface area (Å²) in [5.41, 5.74) is 4.22. The zero-order valence-corrected chi connectivity index (χ0v) is 10.7. The lowest BCUT2D eigenvalue weighted by Gasteiger charge is -2.16. The van der Waals surface area contributed by atoms with E-state index in [0.29, 0.717) is 0 Å². The van der Waals surface area contributed by atoms with E-state index in [1.54, 1.807) is 0 Å². The van der Waals surface area contributed by atoms with Crippen LogP contribution in [0.25, 0.3) is 0 Å². The fraction of sp³-hybridized carbons (Fsp3) is 0.250. The van der Waals surface area contributed by atoms with Crippen molar-refractivity contribution >= 4 is 29.2 Å². The molecule has 3 N–H and O–H groups in total. The van der Waals surface area contributed by atoms with Crippen molar-refractivity contribution in [2.45, 2.75) is 6.42 Å². The highest BCUT2D eigenvalue weighted by atomic mass is 16.6. The van der Waals surface area contributed by atoms with Crippen LogP contribution in [0.3, 0.4) is 0 Å². The molecule has 9 nitrogen and oxygen atoms in total. The number of aromatic carboxylic acids is 1. The minimum absolute atomic E-state index is 0.0255. The van der Waals surface area contributed by atoms with Crippen molar-refractivity contribution in [3.05, 3.63) is 33.9 Å². The molecule has 0 aromatic heterocycles. The second kappa shape index (κ2) is 5.19. The Morgan fingerprint density at radius 3 is 2.57 bits per heavy atom. The number of carboxylic acids is 1. The summed E-state index contributed by atoms with van der Waals surface area (Å²) in [5, 5.41) is 19.8. The van der Waals surface area contributed by atoms with Gasteiger partial charge in [0, 0.05) is 19.0 Å². The standard InChI is InChI=1S/C12H11N3O6/c13-11(17)6-3-10(16)14(5-6)7-1-2-8(12(18)19)9(4-7)15(20)21/h1-2,4,6H,3,5H2,(H2,13,17)(H,18,19). The van der Waals surface area contributed by atoms with Crippen LogP contribution in [0.5, 0.6) is 0 Å². The highest BCUT2D eigenvalue weighted by molar-refractivity contribution is 6.01. The minimum Gasteiger partial charge on any atom is -0.477 e. The number of benzene rings is 1. The zero-order chi connectivity index (χ0) is 15.7. The first-order valence-corrected chi connectivity index (χ1v) is 5.92. The number of hydrogen-bond donors (Lipinski definition) is 2. The highest BCUT2D eigenvalue weighted by Crippen LogP contribution is 2.30. The molecule has 1 unspecified atom stereocenters. The summed E-state index contributed by atoms with van der Waals surface area (Å²) in [6, 6.07) is 3.35. The Balaban J connectivity index is 2.40. The van der Waals surface area contributed by atoms with Crippen molar-refractivity contribution in [3.8, 4) is 0 Å². The predicted octanol–water partition coefficient (Wildman–Crippen LogP) is 0.131. The quantitative estimate of drug-likeness (QED) is 0.596. The molecule has 0 saturated carbocycles. The lowest BCUT2D eigenvalue weighted by molar-refractivity contribution is -0.385. The number of nitrogens with two attached hydrogens (primary N) is 1. The molecule has 0 aliphatic carbocycles. The molecule has 1 heterocycles. The van der Waals surface area contributed by atoms with Crippen LogP contribution in [0.4, 0.5) is 11.4 Å². The lowest BCUT2D eigenvalue weighted by atomic mass is 10.1. The number of nitro benzene ring substituents is 1. The molecule has 9 heteroatoms. The number of carbonyl (C=O) groups is 3. The molecule has 2 rings (SSSR count). The maximum atomic E-state index is 11.8. The van der Waals surface area contributed by atoms with E-state index in [0.717, 1.165) is 12.1 Å². The van der Waals surface area contributed by atoms with Crippen molar-refractivity contribution in [2.24, 2.45) is 11.7 Å². The second-order valence-corrected chi connectivity index (χ2v) is 4.57. The van der Waals surface area contributed by atoms with Gasteiger partial charge in [0.1, 0.15) is 5.56 Å². The molecule has 1 aromatic carbocycles. The molecular weight excluding hydrogens is 282 g/mol. The highest BCUT2D eigenvalue weighted by Gasteiger charge is 2.35. The van der Waals surface area contributed by atoms with Crippen LogP contribution >= 0.6 is 0 Å². The lowest BCUT2D eigenvalue weighted by Crippen LogP contribution is -2.28. The molecule has 0 spiro atoms. The number of rotatable bonds is 4. The maximum Gasteiger partial charge on any atom is 0.342 e. The monoisotopic (exact) mass is 293 g/mol. The van der Waals surface area contributed by atoms with E-state index in [-0.39, 0.29) is 18.7 Å². The number of anilines is 1. The van der Waals surface area contributed by atoms with E-state index in [2.05, 4.69) is 0 Å². The third-order valence-electron chi connectivity index (χ3n) is 3.25. The average Bonchev–Trinajstić information content (AvgIpc) is 2.80. The van der Waals surface area contributed by atoms with Gasteiger partial charge in [-0.05, 0) is 12.1 Å². The minimum atomic E-state index is -1.43. The summed E-state index contributed by atoms with van der Waals surface area (Å²) >= 11 is 0. The van der Waals surface area contributed by atoms with Crippen molar-refractivity contribution in [1.29, 1.82) is 0 Å². The average molecular weight is 293 g/mol. The molecule has 1 aliphatic heterocycles. The van der Waals surface area contributed by atoms with Gasteiger partial charge in [-0.1, -0.05) is 0 Å². The number of hydrogen-bond acceptors (Lipinski definition) is 5. The van der Waals surface area contributed by atoms with Crippen molar-refractivity contribution in [2.75, 3.05) is 11.4 Å². The molecule has 21 heavy (non-hydrogen) atoms. The van der Waals surface area contributed by atoms with Gasteiger partial charge >= 0.3 is 5.97 Å². The molecular formula is C12H11N3O6. The number of nitrogens with zero attached hydrogens (tertiary/aromatic N) is 2. The van der Waals surface area contributed by atoms with Gasteiger partial charge in [-0.25, -0.2) is 4.79 Å². The molecule has 1 fully saturated rings. The van der Waals surface area contributed by atoms with Crippen LogP contribution < -0.4 is 10.6 Å². The van der Waals surface area contributed by atoms with Crippen molar-refractivity contribution in [3.63, 3.8) is 0 Å². The number of carboxylic acid groups (broad SMARTS) is 1. The van der Waals surface area contributed by atoms with E-state index in [4.69, 9.17) is 10.8 Å². The predicted molar refractivity (Wildman–Crippen MR) is 69.7 cm³/mol. The van der Waals surface area contributed by atoms with E-state index >= 15 is 0 Å². The van der Waals surface area contributed by atoms with E-state index < -0.39 is 39.9 Å². The van der Waals surface area contributed by atoms with Gasteiger partial charge in [0.15, 0.2) is 0 Å². The SMILES string of the molecule is NC(=O)C1CC(=O)N(c2ccc(C(=O)O)c([N+](=O)[O-])c2)C1. The Morgan fingerprint density at radius 2 is 2.10 bits per heavy atom. The fourth-order valence-corrected chi connectivity index (χ4v) is 2.17. The van der Waals surface area contributed by atoms with Gasteiger partial charge in [-0.3, -0.25) is 19.7 Å². The molecule has 1 aromatic rings. The van der Waals surface area contributed by atoms with Crippen LogP contribution in [-0.4, -0.2) is 34.4 Å². The normalized spacial score (nSPS) is 17.8. The van der Waals surface area contributed by atoms with Crippen molar-refractivity contribution in [1.82, 2.24) is 0 Å². The first kappa shape index (κ1) is 14.4. The number of nitro groups is 1. The number of carbonyl (C=O) groups excluding carboxylic acids is 2.